The molecule has 2 aromatic rings. The minimum Gasteiger partial charge on any atom is -0.298 e. The fraction of sp³-hybridized carbons (Fsp3) is 0.100. The molecule has 1 heterocycles. The van der Waals surface area contributed by atoms with E-state index in [1.807, 2.05) is 0 Å². The van der Waals surface area contributed by atoms with Crippen molar-refractivity contribution in [3.63, 3.8) is 0 Å². The van der Waals surface area contributed by atoms with Gasteiger partial charge in [-0.25, -0.2) is 4.39 Å². The first-order valence-corrected chi connectivity index (χ1v) is 4.67. The standard InChI is InChI=1S/C10H5F4N3O/c11-7-2-1-3-8(6(7)5-18)17-15-4-9(16-17)10(12,13)14/h1-5H. The summed E-state index contributed by atoms with van der Waals surface area (Å²) in [5.41, 5.74) is -1.77. The van der Waals surface area contributed by atoms with Crippen molar-refractivity contribution in [3.05, 3.63) is 41.5 Å². The molecule has 1 aromatic heterocycles. The summed E-state index contributed by atoms with van der Waals surface area (Å²) >= 11 is 0. The Morgan fingerprint density at radius 3 is 2.56 bits per heavy atom. The molecular weight excluding hydrogens is 254 g/mol. The zero-order valence-electron chi connectivity index (χ0n) is 8.65. The van der Waals surface area contributed by atoms with Gasteiger partial charge in [-0.05, 0) is 12.1 Å². The first kappa shape index (κ1) is 12.2. The molecule has 8 heteroatoms. The van der Waals surface area contributed by atoms with Crippen molar-refractivity contribution in [2.45, 2.75) is 6.18 Å². The molecule has 1 aromatic carbocycles. The van der Waals surface area contributed by atoms with Gasteiger partial charge in [0, 0.05) is 0 Å². The zero-order valence-corrected chi connectivity index (χ0v) is 8.65. The molecule has 0 atom stereocenters. The molecule has 0 saturated carbocycles. The molecule has 2 rings (SSSR count). The maximum atomic E-state index is 13.3. The Morgan fingerprint density at radius 2 is 2.00 bits per heavy atom. The highest BCUT2D eigenvalue weighted by Gasteiger charge is 2.34. The number of nitrogens with zero attached hydrogens (tertiary/aromatic N) is 3. The van der Waals surface area contributed by atoms with Crippen LogP contribution in [-0.2, 0) is 6.18 Å². The number of benzene rings is 1. The van der Waals surface area contributed by atoms with Gasteiger partial charge in [-0.2, -0.15) is 23.1 Å². The van der Waals surface area contributed by atoms with E-state index >= 15 is 0 Å². The van der Waals surface area contributed by atoms with Crippen LogP contribution in [0.1, 0.15) is 16.1 Å². The number of alkyl halides is 3. The number of hydrogen-bond acceptors (Lipinski definition) is 3. The number of carbonyl (C=O) groups excluding carboxylic acids is 1. The lowest BCUT2D eigenvalue weighted by Crippen LogP contribution is -2.09. The van der Waals surface area contributed by atoms with Crippen LogP contribution in [0.15, 0.2) is 24.4 Å². The summed E-state index contributed by atoms with van der Waals surface area (Å²) in [4.78, 5) is 11.3. The second-order valence-electron chi connectivity index (χ2n) is 3.31. The normalized spacial score (nSPS) is 11.6. The third-order valence-electron chi connectivity index (χ3n) is 2.15. The number of aromatic nitrogens is 3. The van der Waals surface area contributed by atoms with Gasteiger partial charge in [0.05, 0.1) is 17.4 Å². The van der Waals surface area contributed by atoms with E-state index in [2.05, 4.69) is 10.2 Å². The molecule has 94 valence electrons. The van der Waals surface area contributed by atoms with Crippen molar-refractivity contribution in [1.29, 1.82) is 0 Å². The van der Waals surface area contributed by atoms with Crippen LogP contribution >= 0.6 is 0 Å². The molecule has 18 heavy (non-hydrogen) atoms. The molecule has 0 aliphatic rings. The van der Waals surface area contributed by atoms with Crippen LogP contribution in [0.3, 0.4) is 0 Å². The van der Waals surface area contributed by atoms with Crippen LogP contribution in [0.5, 0.6) is 0 Å². The lowest BCUT2D eigenvalue weighted by Gasteiger charge is -2.04. The van der Waals surface area contributed by atoms with Gasteiger partial charge in [0.15, 0.2) is 12.0 Å². The summed E-state index contributed by atoms with van der Waals surface area (Å²) in [5.74, 6) is -0.853. The van der Waals surface area contributed by atoms with Gasteiger partial charge < -0.3 is 0 Å². The van der Waals surface area contributed by atoms with Crippen LogP contribution in [-0.4, -0.2) is 21.3 Å². The molecule has 0 fully saturated rings. The molecular formula is C10H5F4N3O. The number of carbonyl (C=O) groups is 1. The Bertz CT molecular complexity index is 591. The number of aldehydes is 1. The topological polar surface area (TPSA) is 47.8 Å². The third kappa shape index (κ3) is 2.08. The van der Waals surface area contributed by atoms with Crippen molar-refractivity contribution in [3.8, 4) is 5.69 Å². The third-order valence-corrected chi connectivity index (χ3v) is 2.15. The molecule has 0 aliphatic carbocycles. The van der Waals surface area contributed by atoms with Gasteiger partial charge in [-0.3, -0.25) is 4.79 Å². The Kier molecular flexibility index (Phi) is 2.85. The van der Waals surface area contributed by atoms with E-state index in [4.69, 9.17) is 0 Å². The van der Waals surface area contributed by atoms with Gasteiger partial charge in [0.1, 0.15) is 5.82 Å². The van der Waals surface area contributed by atoms with Crippen LogP contribution in [0, 0.1) is 5.82 Å². The van der Waals surface area contributed by atoms with E-state index in [1.54, 1.807) is 0 Å². The van der Waals surface area contributed by atoms with Gasteiger partial charge in [-0.1, -0.05) is 6.07 Å². The van der Waals surface area contributed by atoms with Gasteiger partial charge in [0.2, 0.25) is 0 Å². The van der Waals surface area contributed by atoms with E-state index in [-0.39, 0.29) is 12.0 Å². The van der Waals surface area contributed by atoms with E-state index in [9.17, 15) is 22.4 Å². The highest BCUT2D eigenvalue weighted by atomic mass is 19.4. The van der Waals surface area contributed by atoms with E-state index in [1.165, 1.54) is 12.1 Å². The van der Waals surface area contributed by atoms with Crippen molar-refractivity contribution in [2.24, 2.45) is 0 Å². The Balaban J connectivity index is 2.53. The average Bonchev–Trinajstić information content (AvgIpc) is 2.77. The zero-order chi connectivity index (χ0) is 13.3. The van der Waals surface area contributed by atoms with Gasteiger partial charge >= 0.3 is 6.18 Å². The summed E-state index contributed by atoms with van der Waals surface area (Å²) in [6.45, 7) is 0. The molecule has 0 spiro atoms. The lowest BCUT2D eigenvalue weighted by atomic mass is 10.2. The first-order chi connectivity index (χ1) is 8.43. The number of hydrogen-bond donors (Lipinski definition) is 0. The molecule has 0 radical (unpaired) electrons. The van der Waals surface area contributed by atoms with E-state index in [0.717, 1.165) is 6.07 Å². The summed E-state index contributed by atoms with van der Waals surface area (Å²) < 4.78 is 50.2. The second kappa shape index (κ2) is 4.21. The predicted molar refractivity (Wildman–Crippen MR) is 51.7 cm³/mol. The maximum absolute atomic E-state index is 13.3. The molecule has 4 nitrogen and oxygen atoms in total. The van der Waals surface area contributed by atoms with Crippen LogP contribution in [0.2, 0.25) is 0 Å². The molecule has 0 saturated heterocycles. The highest BCUT2D eigenvalue weighted by molar-refractivity contribution is 5.81. The molecule has 0 aliphatic heterocycles. The average molecular weight is 259 g/mol. The van der Waals surface area contributed by atoms with Crippen molar-refractivity contribution < 1.29 is 22.4 Å². The fourth-order valence-electron chi connectivity index (χ4n) is 1.33. The quantitative estimate of drug-likeness (QED) is 0.613. The Hall–Kier alpha value is -2.25. The summed E-state index contributed by atoms with van der Waals surface area (Å²) in [5, 5.41) is 6.52. The summed E-state index contributed by atoms with van der Waals surface area (Å²) in [7, 11) is 0. The largest absolute Gasteiger partial charge is 0.436 e. The van der Waals surface area contributed by atoms with Gasteiger partial charge in [0.25, 0.3) is 0 Å². The number of halogens is 4. The van der Waals surface area contributed by atoms with Crippen LogP contribution in [0.4, 0.5) is 17.6 Å². The van der Waals surface area contributed by atoms with Crippen LogP contribution < -0.4 is 0 Å². The lowest BCUT2D eigenvalue weighted by molar-refractivity contribution is -0.141. The van der Waals surface area contributed by atoms with Crippen LogP contribution in [0.25, 0.3) is 5.69 Å². The Labute approximate surface area is 97.8 Å². The first-order valence-electron chi connectivity index (χ1n) is 4.67. The van der Waals surface area contributed by atoms with Crippen molar-refractivity contribution in [2.75, 3.05) is 0 Å². The SMILES string of the molecule is O=Cc1c(F)cccc1-n1ncc(C(F)(F)F)n1. The monoisotopic (exact) mass is 259 g/mol. The highest BCUT2D eigenvalue weighted by Crippen LogP contribution is 2.27. The molecule has 0 unspecified atom stereocenters. The Morgan fingerprint density at radius 1 is 1.28 bits per heavy atom. The summed E-state index contributed by atoms with van der Waals surface area (Å²) in [6, 6.07) is 3.50. The summed E-state index contributed by atoms with van der Waals surface area (Å²) in [6.07, 6.45) is -3.95. The van der Waals surface area contributed by atoms with E-state index in [0.29, 0.717) is 11.0 Å². The minimum atomic E-state index is -4.65. The minimum absolute atomic E-state index is 0.152. The van der Waals surface area contributed by atoms with Crippen molar-refractivity contribution >= 4 is 6.29 Å². The maximum Gasteiger partial charge on any atom is 0.436 e. The molecule has 0 amide bonds. The predicted octanol–water partition coefficient (Wildman–Crippen LogP) is 2.24. The van der Waals surface area contributed by atoms with Gasteiger partial charge in [-0.15, -0.1) is 5.10 Å². The second-order valence-corrected chi connectivity index (χ2v) is 3.31. The molecule has 0 N–H and O–H groups in total. The number of rotatable bonds is 2. The smallest absolute Gasteiger partial charge is 0.298 e. The fourth-order valence-corrected chi connectivity index (χ4v) is 1.33. The van der Waals surface area contributed by atoms with E-state index < -0.39 is 23.3 Å². The molecule has 0 bridgehead atoms. The van der Waals surface area contributed by atoms with Crippen molar-refractivity contribution in [1.82, 2.24) is 15.0 Å².